The van der Waals surface area contributed by atoms with Gasteiger partial charge in [-0.1, -0.05) is 0 Å². The predicted molar refractivity (Wildman–Crippen MR) is 67.2 cm³/mol. The van der Waals surface area contributed by atoms with Crippen molar-refractivity contribution in [3.63, 3.8) is 0 Å². The summed E-state index contributed by atoms with van der Waals surface area (Å²) in [5.74, 6) is -2.04. The molecule has 0 aromatic carbocycles. The van der Waals surface area contributed by atoms with Crippen LogP contribution >= 0.6 is 11.6 Å². The monoisotopic (exact) mass is 326 g/mol. The van der Waals surface area contributed by atoms with Gasteiger partial charge in [0, 0.05) is 20.8 Å². The van der Waals surface area contributed by atoms with Crippen LogP contribution in [0, 0.1) is 0 Å². The zero-order valence-corrected chi connectivity index (χ0v) is 12.5. The van der Waals surface area contributed by atoms with E-state index in [1.165, 1.54) is 0 Å². The third kappa shape index (κ3) is 5.13. The van der Waals surface area contributed by atoms with Gasteiger partial charge in [0.15, 0.2) is 12.2 Å². The molecule has 21 heavy (non-hydrogen) atoms. The van der Waals surface area contributed by atoms with E-state index in [0.29, 0.717) is 0 Å². The summed E-state index contributed by atoms with van der Waals surface area (Å²) in [5.41, 5.74) is 0. The Balaban J connectivity index is 2.94. The van der Waals surface area contributed by atoms with E-state index in [1.54, 1.807) is 0 Å². The number of ether oxygens (including phenoxy) is 4. The number of carbonyl (C=O) groups excluding carboxylic acids is 3. The van der Waals surface area contributed by atoms with E-state index >= 15 is 0 Å². The van der Waals surface area contributed by atoms with Gasteiger partial charge in [0.2, 0.25) is 6.36 Å². The number of alkyl halides is 2. The number of halogens is 2. The van der Waals surface area contributed by atoms with E-state index < -0.39 is 48.0 Å². The van der Waals surface area contributed by atoms with Crippen molar-refractivity contribution in [2.75, 3.05) is 6.61 Å². The zero-order valence-electron chi connectivity index (χ0n) is 11.7. The number of carbonyl (C=O) groups is 3. The summed E-state index contributed by atoms with van der Waals surface area (Å²) in [5, 5.41) is -1.35. The molecule has 0 unspecified atom stereocenters. The molecule has 1 aliphatic heterocycles. The number of hydrogen-bond donors (Lipinski definition) is 0. The van der Waals surface area contributed by atoms with Crippen LogP contribution in [0.1, 0.15) is 20.8 Å². The molecule has 1 heterocycles. The van der Waals surface area contributed by atoms with Gasteiger partial charge in [-0.05, 0) is 0 Å². The summed E-state index contributed by atoms with van der Waals surface area (Å²) >= 11 is 5.81. The van der Waals surface area contributed by atoms with Crippen molar-refractivity contribution in [3.8, 4) is 0 Å². The van der Waals surface area contributed by atoms with Crippen LogP contribution in [0.4, 0.5) is 4.39 Å². The summed E-state index contributed by atoms with van der Waals surface area (Å²) in [7, 11) is 0. The van der Waals surface area contributed by atoms with E-state index in [0.717, 1.165) is 20.8 Å². The third-order valence-corrected chi connectivity index (χ3v) is 3.06. The first-order valence-electron chi connectivity index (χ1n) is 6.13. The minimum atomic E-state index is -1.97. The highest BCUT2D eigenvalue weighted by Crippen LogP contribution is 2.30. The van der Waals surface area contributed by atoms with Crippen molar-refractivity contribution >= 4 is 29.5 Å². The summed E-state index contributed by atoms with van der Waals surface area (Å²) in [6.07, 6.45) is -5.53. The van der Waals surface area contributed by atoms with Gasteiger partial charge >= 0.3 is 17.9 Å². The Bertz CT molecular complexity index is 416. The van der Waals surface area contributed by atoms with Gasteiger partial charge in [-0.15, -0.1) is 11.6 Å². The molecule has 1 fully saturated rings. The van der Waals surface area contributed by atoms with Crippen LogP contribution in [0.2, 0.25) is 0 Å². The Morgan fingerprint density at radius 1 is 1.05 bits per heavy atom. The van der Waals surface area contributed by atoms with Crippen molar-refractivity contribution in [2.45, 2.75) is 50.8 Å². The summed E-state index contributed by atoms with van der Waals surface area (Å²) in [6.45, 7) is 3.02. The molecule has 0 aliphatic carbocycles. The summed E-state index contributed by atoms with van der Waals surface area (Å²) < 4.78 is 33.3. The second-order valence-corrected chi connectivity index (χ2v) is 4.92. The Labute approximate surface area is 125 Å². The van der Waals surface area contributed by atoms with E-state index in [4.69, 9.17) is 30.5 Å². The minimum absolute atomic E-state index is 0.366. The van der Waals surface area contributed by atoms with Gasteiger partial charge in [-0.25, -0.2) is 4.39 Å². The van der Waals surface area contributed by atoms with Crippen LogP contribution in [-0.4, -0.2) is 54.6 Å². The summed E-state index contributed by atoms with van der Waals surface area (Å²) in [6, 6.07) is 0. The third-order valence-electron chi connectivity index (χ3n) is 2.61. The highest BCUT2D eigenvalue weighted by Gasteiger charge is 2.49. The molecule has 0 N–H and O–H groups in total. The van der Waals surface area contributed by atoms with E-state index in [2.05, 4.69) is 0 Å². The lowest BCUT2D eigenvalue weighted by molar-refractivity contribution is -0.232. The fourth-order valence-electron chi connectivity index (χ4n) is 1.85. The van der Waals surface area contributed by atoms with Gasteiger partial charge in [0.05, 0.1) is 0 Å². The molecule has 5 atom stereocenters. The van der Waals surface area contributed by atoms with E-state index in [9.17, 15) is 18.8 Å². The number of rotatable bonds is 4. The number of hydrogen-bond acceptors (Lipinski definition) is 7. The molecular weight excluding hydrogens is 311 g/mol. The lowest BCUT2D eigenvalue weighted by Gasteiger charge is -2.40. The normalized spacial score (nSPS) is 32.1. The van der Waals surface area contributed by atoms with Gasteiger partial charge in [0.1, 0.15) is 18.1 Å². The molecule has 0 saturated carbocycles. The first-order valence-corrected chi connectivity index (χ1v) is 6.57. The SMILES string of the molecule is CC(=O)OC[C@H]1O[C@H](F)[C@@H](Cl)[C@@H](OC(C)=O)[C@@H]1OC(C)=O. The van der Waals surface area contributed by atoms with Crippen molar-refractivity contribution in [1.82, 2.24) is 0 Å². The second-order valence-electron chi connectivity index (χ2n) is 4.42. The first-order chi connectivity index (χ1) is 9.72. The standard InChI is InChI=1S/C12H16ClFO7/c1-5(15)18-4-8-10(19-6(2)16)11(20-7(3)17)9(13)12(14)21-8/h8-12H,4H2,1-3H3/t8-,9+,10-,11-,12+/m1/s1. The predicted octanol–water partition coefficient (Wildman–Crippen LogP) is 0.715. The van der Waals surface area contributed by atoms with Crippen molar-refractivity contribution in [1.29, 1.82) is 0 Å². The Hall–Kier alpha value is -1.41. The summed E-state index contributed by atoms with van der Waals surface area (Å²) in [4.78, 5) is 33.1. The van der Waals surface area contributed by atoms with Crippen LogP contribution in [0.15, 0.2) is 0 Å². The zero-order chi connectivity index (χ0) is 16.2. The molecule has 7 nitrogen and oxygen atoms in total. The van der Waals surface area contributed by atoms with Crippen molar-refractivity contribution in [3.05, 3.63) is 0 Å². The molecule has 120 valence electrons. The first kappa shape index (κ1) is 17.6. The van der Waals surface area contributed by atoms with Crippen LogP contribution in [0.5, 0.6) is 0 Å². The highest BCUT2D eigenvalue weighted by molar-refractivity contribution is 6.21. The fraction of sp³-hybridized carbons (Fsp3) is 0.750. The number of esters is 3. The Morgan fingerprint density at radius 2 is 1.57 bits per heavy atom. The molecule has 1 aliphatic rings. The van der Waals surface area contributed by atoms with Crippen LogP contribution in [0.3, 0.4) is 0 Å². The molecule has 0 radical (unpaired) electrons. The molecular formula is C12H16ClFO7. The lowest BCUT2D eigenvalue weighted by Crippen LogP contribution is -2.58. The fourth-order valence-corrected chi connectivity index (χ4v) is 2.11. The highest BCUT2D eigenvalue weighted by atomic mass is 35.5. The van der Waals surface area contributed by atoms with Gasteiger partial charge in [0.25, 0.3) is 0 Å². The largest absolute Gasteiger partial charge is 0.463 e. The van der Waals surface area contributed by atoms with Gasteiger partial charge in [-0.2, -0.15) is 0 Å². The van der Waals surface area contributed by atoms with E-state index in [1.807, 2.05) is 0 Å². The smallest absolute Gasteiger partial charge is 0.303 e. The van der Waals surface area contributed by atoms with Gasteiger partial charge < -0.3 is 18.9 Å². The van der Waals surface area contributed by atoms with Crippen LogP contribution < -0.4 is 0 Å². The molecule has 1 rings (SSSR count). The average Bonchev–Trinajstić information content (AvgIpc) is 2.35. The average molecular weight is 327 g/mol. The molecule has 0 bridgehead atoms. The second kappa shape index (κ2) is 7.56. The van der Waals surface area contributed by atoms with E-state index in [-0.39, 0.29) is 6.61 Å². The lowest BCUT2D eigenvalue weighted by atomic mass is 10.0. The van der Waals surface area contributed by atoms with Gasteiger partial charge in [-0.3, -0.25) is 14.4 Å². The molecule has 1 saturated heterocycles. The Kier molecular flexibility index (Phi) is 6.35. The maximum Gasteiger partial charge on any atom is 0.303 e. The minimum Gasteiger partial charge on any atom is -0.463 e. The van der Waals surface area contributed by atoms with Crippen molar-refractivity contribution < 1.29 is 37.7 Å². The van der Waals surface area contributed by atoms with Crippen molar-refractivity contribution in [2.24, 2.45) is 0 Å². The molecule has 9 heteroatoms. The van der Waals surface area contributed by atoms with Crippen LogP contribution in [-0.2, 0) is 33.3 Å². The quantitative estimate of drug-likeness (QED) is 0.427. The van der Waals surface area contributed by atoms with Crippen LogP contribution in [0.25, 0.3) is 0 Å². The maximum atomic E-state index is 13.7. The molecule has 0 aromatic heterocycles. The Morgan fingerprint density at radius 3 is 2.05 bits per heavy atom. The topological polar surface area (TPSA) is 88.1 Å². The maximum absolute atomic E-state index is 13.7. The molecule has 0 aromatic rings. The molecule has 0 amide bonds. The molecule has 0 spiro atoms.